The largest absolute Gasteiger partial charge is 0.445 e. The first-order chi connectivity index (χ1) is 21.0. The van der Waals surface area contributed by atoms with Gasteiger partial charge in [0.25, 0.3) is 11.4 Å². The van der Waals surface area contributed by atoms with Gasteiger partial charge in [0.1, 0.15) is 25.8 Å². The smallest absolute Gasteiger partial charge is 0.410 e. The zero-order chi connectivity index (χ0) is 31.8. The van der Waals surface area contributed by atoms with E-state index in [-0.39, 0.29) is 80.9 Å². The van der Waals surface area contributed by atoms with E-state index in [2.05, 4.69) is 17.9 Å². The highest BCUT2D eigenvalue weighted by molar-refractivity contribution is 7.81. The molecule has 2 saturated heterocycles. The number of likely N-dealkylation sites (tertiary alicyclic amines) is 1. The van der Waals surface area contributed by atoms with Crippen molar-refractivity contribution in [3.63, 3.8) is 0 Å². The van der Waals surface area contributed by atoms with Crippen LogP contribution in [0.4, 0.5) is 21.0 Å². The Morgan fingerprint density at radius 1 is 0.818 bits per heavy atom. The molecule has 44 heavy (non-hydrogen) atoms. The lowest BCUT2D eigenvalue weighted by Gasteiger charge is -2.37. The van der Waals surface area contributed by atoms with Crippen LogP contribution in [0.15, 0.2) is 48.5 Å². The van der Waals surface area contributed by atoms with Gasteiger partial charge in [0.2, 0.25) is 11.8 Å². The van der Waals surface area contributed by atoms with Crippen molar-refractivity contribution in [3.8, 4) is 0 Å². The summed E-state index contributed by atoms with van der Waals surface area (Å²) in [7, 11) is 0. The Labute approximate surface area is 256 Å². The average molecular weight is 631 g/mol. The van der Waals surface area contributed by atoms with Crippen molar-refractivity contribution in [1.29, 1.82) is 0 Å². The SMILES string of the molecule is O=C(NCC(=O)N1CCN(C(=O)[C@@H]2C[C@H](S)CN2C(=O)OCc2ccc([N+](=O)[O-])cc2)CC1)OCc1ccc([N+](=O)[O-])cc1. The maximum Gasteiger partial charge on any atom is 0.410 e. The van der Waals surface area contributed by atoms with Gasteiger partial charge in [0.05, 0.1) is 9.85 Å². The molecule has 4 amide bonds. The lowest BCUT2D eigenvalue weighted by molar-refractivity contribution is -0.385. The third-order valence-electron chi connectivity index (χ3n) is 7.15. The standard InChI is InChI=1S/C27H30N6O10S/c34-24(14-28-26(36)42-16-18-1-5-20(6-2-18)32(38)39)29-9-11-30(12-10-29)25(35)23-13-22(44)15-31(23)27(37)43-17-19-3-7-21(8-4-19)33(40)41/h1-8,22-23,44H,9-17H2,(H,28,36)/t22-,23-/m0/s1. The summed E-state index contributed by atoms with van der Waals surface area (Å²) in [6.07, 6.45) is -1.19. The molecule has 4 rings (SSSR count). The molecule has 16 nitrogen and oxygen atoms in total. The summed E-state index contributed by atoms with van der Waals surface area (Å²) in [6.45, 7) is 0.564. The molecule has 2 fully saturated rings. The predicted octanol–water partition coefficient (Wildman–Crippen LogP) is 2.11. The highest BCUT2D eigenvalue weighted by Gasteiger charge is 2.41. The third kappa shape index (κ3) is 8.33. The summed E-state index contributed by atoms with van der Waals surface area (Å²) in [4.78, 5) is 75.7. The molecule has 2 aromatic rings. The number of nitro benzene ring substituents is 2. The van der Waals surface area contributed by atoms with Crippen LogP contribution in [0.3, 0.4) is 0 Å². The van der Waals surface area contributed by atoms with E-state index < -0.39 is 28.1 Å². The Morgan fingerprint density at radius 2 is 1.32 bits per heavy atom. The number of carbonyl (C=O) groups excluding carboxylic acids is 4. The number of hydrogen-bond acceptors (Lipinski definition) is 11. The molecule has 0 aliphatic carbocycles. The number of nitrogens with zero attached hydrogens (tertiary/aromatic N) is 5. The minimum absolute atomic E-state index is 0.0828. The number of hydrogen-bond donors (Lipinski definition) is 2. The molecule has 2 aliphatic rings. The molecule has 0 bridgehead atoms. The van der Waals surface area contributed by atoms with Gasteiger partial charge < -0.3 is 24.6 Å². The van der Waals surface area contributed by atoms with E-state index in [4.69, 9.17) is 9.47 Å². The molecule has 2 aromatic carbocycles. The van der Waals surface area contributed by atoms with Crippen LogP contribution < -0.4 is 5.32 Å². The predicted molar refractivity (Wildman–Crippen MR) is 156 cm³/mol. The van der Waals surface area contributed by atoms with Crippen molar-refractivity contribution >= 4 is 48.0 Å². The number of non-ortho nitro benzene ring substituents is 2. The van der Waals surface area contributed by atoms with Crippen LogP contribution in [0.5, 0.6) is 0 Å². The number of thiol groups is 1. The number of nitrogens with one attached hydrogen (secondary N) is 1. The molecule has 234 valence electrons. The van der Waals surface area contributed by atoms with Gasteiger partial charge in [-0.3, -0.25) is 34.7 Å². The zero-order valence-electron chi connectivity index (χ0n) is 23.4. The quantitative estimate of drug-likeness (QED) is 0.235. The summed E-state index contributed by atoms with van der Waals surface area (Å²) in [5.74, 6) is -0.647. The van der Waals surface area contributed by atoms with E-state index >= 15 is 0 Å². The average Bonchev–Trinajstić information content (AvgIpc) is 3.43. The van der Waals surface area contributed by atoms with Crippen LogP contribution in [0, 0.1) is 20.2 Å². The molecule has 0 saturated carbocycles. The van der Waals surface area contributed by atoms with Crippen molar-refractivity contribution in [2.45, 2.75) is 30.9 Å². The fraction of sp³-hybridized carbons (Fsp3) is 0.407. The van der Waals surface area contributed by atoms with Crippen molar-refractivity contribution in [2.24, 2.45) is 0 Å². The maximum atomic E-state index is 13.3. The monoisotopic (exact) mass is 630 g/mol. The summed E-state index contributed by atoms with van der Waals surface area (Å²) >= 11 is 4.45. The number of ether oxygens (including phenoxy) is 2. The summed E-state index contributed by atoms with van der Waals surface area (Å²) in [5, 5.41) is 23.7. The summed E-state index contributed by atoms with van der Waals surface area (Å²) < 4.78 is 10.4. The van der Waals surface area contributed by atoms with Crippen LogP contribution >= 0.6 is 12.6 Å². The lowest BCUT2D eigenvalue weighted by atomic mass is 10.1. The van der Waals surface area contributed by atoms with Crippen molar-refractivity contribution in [1.82, 2.24) is 20.0 Å². The number of piperazine rings is 1. The molecule has 0 aromatic heterocycles. The van der Waals surface area contributed by atoms with Gasteiger partial charge in [0.15, 0.2) is 0 Å². The fourth-order valence-corrected chi connectivity index (χ4v) is 5.13. The van der Waals surface area contributed by atoms with Crippen LogP contribution in [0.2, 0.25) is 0 Å². The fourth-order valence-electron chi connectivity index (χ4n) is 4.75. The Hall–Kier alpha value is -4.93. The normalized spacial score (nSPS) is 18.0. The van der Waals surface area contributed by atoms with Crippen LogP contribution in [0.25, 0.3) is 0 Å². The van der Waals surface area contributed by atoms with Gasteiger partial charge in [-0.1, -0.05) is 0 Å². The van der Waals surface area contributed by atoms with Crippen molar-refractivity contribution in [2.75, 3.05) is 39.3 Å². The first kappa shape index (κ1) is 32.0. The molecule has 0 unspecified atom stereocenters. The number of amides is 4. The first-order valence-corrected chi connectivity index (χ1v) is 14.1. The Balaban J connectivity index is 1.19. The van der Waals surface area contributed by atoms with Gasteiger partial charge in [-0.05, 0) is 41.8 Å². The van der Waals surface area contributed by atoms with E-state index in [1.54, 1.807) is 4.90 Å². The molecule has 2 heterocycles. The second-order valence-electron chi connectivity index (χ2n) is 10.1. The van der Waals surface area contributed by atoms with Gasteiger partial charge in [0, 0.05) is 62.2 Å². The Kier molecular flexibility index (Phi) is 10.5. The highest BCUT2D eigenvalue weighted by Crippen LogP contribution is 2.25. The highest BCUT2D eigenvalue weighted by atomic mass is 32.1. The number of carbonyl (C=O) groups is 4. The minimum Gasteiger partial charge on any atom is -0.445 e. The van der Waals surface area contributed by atoms with E-state index in [1.807, 2.05) is 0 Å². The molecule has 0 spiro atoms. The van der Waals surface area contributed by atoms with Crippen LogP contribution in [-0.2, 0) is 32.3 Å². The first-order valence-electron chi connectivity index (χ1n) is 13.6. The maximum absolute atomic E-state index is 13.3. The van der Waals surface area contributed by atoms with E-state index in [0.717, 1.165) is 0 Å². The second kappa shape index (κ2) is 14.5. The molecule has 2 aliphatic heterocycles. The number of alkyl carbamates (subject to hydrolysis) is 1. The molecule has 2 atom stereocenters. The van der Waals surface area contributed by atoms with Gasteiger partial charge >= 0.3 is 12.2 Å². The molecular weight excluding hydrogens is 600 g/mol. The zero-order valence-corrected chi connectivity index (χ0v) is 24.3. The summed E-state index contributed by atoms with van der Waals surface area (Å²) in [5.41, 5.74) is 0.930. The topological polar surface area (TPSA) is 195 Å². The second-order valence-corrected chi connectivity index (χ2v) is 10.8. The molecular formula is C27H30N6O10S. The Bertz CT molecular complexity index is 1400. The lowest BCUT2D eigenvalue weighted by Crippen LogP contribution is -2.56. The van der Waals surface area contributed by atoms with Gasteiger partial charge in [-0.2, -0.15) is 12.6 Å². The van der Waals surface area contributed by atoms with Crippen molar-refractivity contribution in [3.05, 3.63) is 79.9 Å². The van der Waals surface area contributed by atoms with E-state index in [9.17, 15) is 39.4 Å². The summed E-state index contributed by atoms with van der Waals surface area (Å²) in [6, 6.07) is 10.3. The number of benzene rings is 2. The van der Waals surface area contributed by atoms with Crippen LogP contribution in [-0.4, -0.2) is 99.1 Å². The Morgan fingerprint density at radius 3 is 1.84 bits per heavy atom. The molecule has 1 N–H and O–H groups in total. The molecule has 17 heteroatoms. The van der Waals surface area contributed by atoms with E-state index in [0.29, 0.717) is 17.5 Å². The van der Waals surface area contributed by atoms with E-state index in [1.165, 1.54) is 58.3 Å². The molecule has 0 radical (unpaired) electrons. The van der Waals surface area contributed by atoms with Crippen LogP contribution in [0.1, 0.15) is 17.5 Å². The number of rotatable bonds is 9. The van der Waals surface area contributed by atoms with Gasteiger partial charge in [-0.25, -0.2) is 9.59 Å². The van der Waals surface area contributed by atoms with Crippen molar-refractivity contribution < 1.29 is 38.5 Å². The van der Waals surface area contributed by atoms with Gasteiger partial charge in [-0.15, -0.1) is 0 Å². The number of nitro groups is 2. The minimum atomic E-state index is -0.825. The third-order valence-corrected chi connectivity index (χ3v) is 7.53.